The highest BCUT2D eigenvalue weighted by molar-refractivity contribution is 7.07. The number of allylic oxidation sites excluding steroid dienone is 1. The van der Waals surface area contributed by atoms with E-state index < -0.39 is 6.04 Å². The van der Waals surface area contributed by atoms with Crippen LogP contribution in [-0.4, -0.2) is 28.5 Å². The summed E-state index contributed by atoms with van der Waals surface area (Å²) in [6.07, 6.45) is 3.26. The van der Waals surface area contributed by atoms with Crippen LogP contribution in [0.15, 0.2) is 68.1 Å². The highest BCUT2D eigenvalue weighted by Crippen LogP contribution is 2.31. The number of hydrogen-bond acceptors (Lipinski definition) is 5. The van der Waals surface area contributed by atoms with Gasteiger partial charge in [-0.1, -0.05) is 35.1 Å². The fraction of sp³-hybridized carbons (Fsp3) is 0.261. The van der Waals surface area contributed by atoms with Crippen LogP contribution in [0.3, 0.4) is 0 Å². The lowest BCUT2D eigenvalue weighted by atomic mass is 9.94. The quantitative estimate of drug-likeness (QED) is 0.592. The van der Waals surface area contributed by atoms with Gasteiger partial charge in [0.15, 0.2) is 4.80 Å². The van der Waals surface area contributed by atoms with Gasteiger partial charge in [-0.3, -0.25) is 14.2 Å². The second-order valence-electron chi connectivity index (χ2n) is 7.13. The molecule has 1 atom stereocenters. The van der Waals surface area contributed by atoms with Crippen molar-refractivity contribution in [1.29, 1.82) is 0 Å². The van der Waals surface area contributed by atoms with Crippen molar-refractivity contribution in [3.05, 3.63) is 90.0 Å². The molecule has 0 saturated heterocycles. The van der Waals surface area contributed by atoms with Crippen LogP contribution in [0.5, 0.6) is 0 Å². The van der Waals surface area contributed by atoms with Crippen molar-refractivity contribution in [2.45, 2.75) is 26.8 Å². The normalized spacial score (nSPS) is 16.3. The molecule has 3 heterocycles. The van der Waals surface area contributed by atoms with Crippen LogP contribution in [0.25, 0.3) is 6.08 Å². The van der Waals surface area contributed by atoms with E-state index in [0.717, 1.165) is 5.56 Å². The molecule has 1 amide bonds. The molecule has 1 aromatic carbocycles. The molecule has 1 aliphatic rings. The number of benzene rings is 1. The Labute approximate surface area is 188 Å². The Morgan fingerprint density at radius 1 is 1.26 bits per heavy atom. The first kappa shape index (κ1) is 21.3. The number of hydrogen-bond donors (Lipinski definition) is 0. The van der Waals surface area contributed by atoms with Crippen LogP contribution < -0.4 is 14.9 Å². The van der Waals surface area contributed by atoms with Gasteiger partial charge >= 0.3 is 0 Å². The predicted molar refractivity (Wildman–Crippen MR) is 122 cm³/mol. The van der Waals surface area contributed by atoms with Gasteiger partial charge in [-0.15, -0.1) is 0 Å². The van der Waals surface area contributed by atoms with Crippen LogP contribution in [0.1, 0.15) is 38.1 Å². The van der Waals surface area contributed by atoms with Crippen molar-refractivity contribution in [3.8, 4) is 0 Å². The topological polar surface area (TPSA) is 67.8 Å². The van der Waals surface area contributed by atoms with Crippen LogP contribution in [0.4, 0.5) is 0 Å². The Balaban J connectivity index is 1.97. The fourth-order valence-corrected chi connectivity index (χ4v) is 4.89. The summed E-state index contributed by atoms with van der Waals surface area (Å²) in [4.78, 5) is 33.8. The highest BCUT2D eigenvalue weighted by atomic mass is 35.5. The van der Waals surface area contributed by atoms with Gasteiger partial charge in [0, 0.05) is 24.2 Å². The minimum Gasteiger partial charge on any atom is -0.465 e. The number of thiazole rings is 1. The summed E-state index contributed by atoms with van der Waals surface area (Å²) in [5.74, 6) is 0.468. The number of furan rings is 1. The zero-order valence-electron chi connectivity index (χ0n) is 17.5. The summed E-state index contributed by atoms with van der Waals surface area (Å²) in [7, 11) is 0. The Bertz CT molecular complexity index is 1310. The third-order valence-corrected chi connectivity index (χ3v) is 6.54. The van der Waals surface area contributed by atoms with E-state index in [-0.39, 0.29) is 11.5 Å². The minimum atomic E-state index is -0.583. The molecule has 0 fully saturated rings. The van der Waals surface area contributed by atoms with Gasteiger partial charge < -0.3 is 9.32 Å². The van der Waals surface area contributed by atoms with Crippen LogP contribution in [0, 0.1) is 0 Å². The number of carbonyl (C=O) groups excluding carboxylic acids is 1. The highest BCUT2D eigenvalue weighted by Gasteiger charge is 2.34. The largest absolute Gasteiger partial charge is 0.465 e. The smallest absolute Gasteiger partial charge is 0.271 e. The predicted octanol–water partition coefficient (Wildman–Crippen LogP) is 3.35. The molecule has 0 saturated carbocycles. The summed E-state index contributed by atoms with van der Waals surface area (Å²) >= 11 is 7.38. The summed E-state index contributed by atoms with van der Waals surface area (Å²) in [6.45, 7) is 6.84. The molecule has 160 valence electrons. The van der Waals surface area contributed by atoms with Crippen molar-refractivity contribution >= 4 is 34.9 Å². The fourth-order valence-electron chi connectivity index (χ4n) is 3.74. The van der Waals surface area contributed by atoms with Gasteiger partial charge in [-0.2, -0.15) is 0 Å². The third kappa shape index (κ3) is 3.91. The molecule has 3 aromatic rings. The summed E-state index contributed by atoms with van der Waals surface area (Å²) in [5.41, 5.74) is 1.71. The maximum absolute atomic E-state index is 13.5. The number of fused-ring (bicyclic) bond motifs is 1. The average molecular weight is 456 g/mol. The molecule has 1 aliphatic heterocycles. The maximum Gasteiger partial charge on any atom is 0.271 e. The van der Waals surface area contributed by atoms with Gasteiger partial charge in [0.2, 0.25) is 0 Å². The first-order valence-electron chi connectivity index (χ1n) is 10.0. The lowest BCUT2D eigenvalue weighted by molar-refractivity contribution is -0.127. The Kier molecular flexibility index (Phi) is 5.98. The van der Waals surface area contributed by atoms with E-state index in [1.807, 2.05) is 32.9 Å². The SMILES string of the molecule is CCN(CC)C(=O)C1=C(C)N=c2s/c(=C/c3ccco3)c(=O)n2[C@@H]1c1ccc(Cl)cc1. The molecule has 0 aliphatic carbocycles. The number of aromatic nitrogens is 1. The summed E-state index contributed by atoms with van der Waals surface area (Å²) < 4.78 is 7.48. The maximum atomic E-state index is 13.5. The van der Waals surface area contributed by atoms with Crippen molar-refractivity contribution in [2.75, 3.05) is 13.1 Å². The zero-order valence-corrected chi connectivity index (χ0v) is 19.0. The molecule has 0 unspecified atom stereocenters. The van der Waals surface area contributed by atoms with Crippen molar-refractivity contribution in [2.24, 2.45) is 4.99 Å². The molecule has 6 nitrogen and oxygen atoms in total. The van der Waals surface area contributed by atoms with Crippen LogP contribution >= 0.6 is 22.9 Å². The lowest BCUT2D eigenvalue weighted by Gasteiger charge is -2.29. The average Bonchev–Trinajstić information content (AvgIpc) is 3.37. The van der Waals surface area contributed by atoms with Crippen molar-refractivity contribution in [3.63, 3.8) is 0 Å². The van der Waals surface area contributed by atoms with E-state index in [1.54, 1.807) is 46.1 Å². The van der Waals surface area contributed by atoms with Gasteiger partial charge in [-0.05, 0) is 50.6 Å². The molecule has 0 spiro atoms. The zero-order chi connectivity index (χ0) is 22.1. The lowest BCUT2D eigenvalue weighted by Crippen LogP contribution is -2.43. The number of carbonyl (C=O) groups is 1. The van der Waals surface area contributed by atoms with Crippen LogP contribution in [0.2, 0.25) is 5.02 Å². The molecular formula is C23H22ClN3O3S. The van der Waals surface area contributed by atoms with E-state index in [9.17, 15) is 9.59 Å². The molecule has 2 aromatic heterocycles. The van der Waals surface area contributed by atoms with Gasteiger partial charge in [-0.25, -0.2) is 4.99 Å². The van der Waals surface area contributed by atoms with E-state index in [1.165, 1.54) is 11.3 Å². The Morgan fingerprint density at radius 3 is 2.58 bits per heavy atom. The minimum absolute atomic E-state index is 0.119. The molecule has 0 bridgehead atoms. The van der Waals surface area contributed by atoms with Gasteiger partial charge in [0.1, 0.15) is 5.76 Å². The Morgan fingerprint density at radius 2 is 1.97 bits per heavy atom. The standard InChI is InChI=1S/C23H22ClN3O3S/c1-4-26(5-2)22(29)19-14(3)25-23-27(20(19)15-8-10-16(24)11-9-15)21(28)18(31-23)13-17-7-6-12-30-17/h6-13,20H,4-5H2,1-3H3/b18-13+/t20-/m1/s1. The van der Waals surface area contributed by atoms with Gasteiger partial charge in [0.05, 0.1) is 28.1 Å². The second kappa shape index (κ2) is 8.69. The third-order valence-electron chi connectivity index (χ3n) is 5.31. The summed E-state index contributed by atoms with van der Waals surface area (Å²) in [5, 5.41) is 0.589. The summed E-state index contributed by atoms with van der Waals surface area (Å²) in [6, 6.07) is 10.2. The molecule has 31 heavy (non-hydrogen) atoms. The van der Waals surface area contributed by atoms with E-state index in [0.29, 0.717) is 44.5 Å². The molecule has 0 radical (unpaired) electrons. The first-order valence-corrected chi connectivity index (χ1v) is 11.2. The molecule has 4 rings (SSSR count). The number of likely N-dealkylation sites (N-methyl/N-ethyl adjacent to an activating group) is 1. The van der Waals surface area contributed by atoms with Crippen molar-refractivity contribution in [1.82, 2.24) is 9.47 Å². The second-order valence-corrected chi connectivity index (χ2v) is 8.57. The van der Waals surface area contributed by atoms with Crippen molar-refractivity contribution < 1.29 is 9.21 Å². The Hall–Kier alpha value is -2.90. The van der Waals surface area contributed by atoms with Crippen LogP contribution in [-0.2, 0) is 4.79 Å². The number of nitrogens with zero attached hydrogens (tertiary/aromatic N) is 3. The van der Waals surface area contributed by atoms with E-state index in [4.69, 9.17) is 16.0 Å². The molecule has 0 N–H and O–H groups in total. The monoisotopic (exact) mass is 455 g/mol. The number of amides is 1. The first-order chi connectivity index (χ1) is 14.9. The van der Waals surface area contributed by atoms with Gasteiger partial charge in [0.25, 0.3) is 11.5 Å². The van der Waals surface area contributed by atoms with E-state index in [2.05, 4.69) is 4.99 Å². The number of rotatable bonds is 5. The number of halogens is 1. The van der Waals surface area contributed by atoms with E-state index >= 15 is 0 Å². The molecular weight excluding hydrogens is 434 g/mol. The molecule has 8 heteroatoms.